The van der Waals surface area contributed by atoms with E-state index in [2.05, 4.69) is 77.7 Å². The Morgan fingerprint density at radius 3 is 2.00 bits per heavy atom. The SMILES string of the molecule is Cl.Cl.N[C@@H](CCCCN(CC=Cc1ccccc1)CC=Cc1ccccc1)C(=O)N1CCSC1. The number of nitrogens with zero attached hydrogens (tertiary/aromatic N) is 2. The molecule has 0 bridgehead atoms. The number of hydrogen-bond donors (Lipinski definition) is 1. The molecule has 1 atom stereocenters. The van der Waals surface area contributed by atoms with Crippen LogP contribution in [0.3, 0.4) is 0 Å². The van der Waals surface area contributed by atoms with Crippen molar-refractivity contribution in [2.75, 3.05) is 37.8 Å². The Bertz CT molecular complexity index is 807. The summed E-state index contributed by atoms with van der Waals surface area (Å²) in [5.74, 6) is 1.94. The first-order valence-corrected chi connectivity index (χ1v) is 12.7. The maximum atomic E-state index is 12.4. The van der Waals surface area contributed by atoms with Crippen molar-refractivity contribution in [1.82, 2.24) is 9.80 Å². The minimum Gasteiger partial charge on any atom is -0.331 e. The summed E-state index contributed by atoms with van der Waals surface area (Å²) in [6.07, 6.45) is 11.6. The maximum absolute atomic E-state index is 12.4. The molecule has 2 aromatic carbocycles. The van der Waals surface area contributed by atoms with Gasteiger partial charge in [0.2, 0.25) is 5.91 Å². The smallest absolute Gasteiger partial charge is 0.240 e. The van der Waals surface area contributed by atoms with Gasteiger partial charge in [0.1, 0.15) is 0 Å². The zero-order valence-corrected chi connectivity index (χ0v) is 22.1. The molecule has 186 valence electrons. The summed E-state index contributed by atoms with van der Waals surface area (Å²) >= 11 is 1.80. The van der Waals surface area contributed by atoms with Crippen LogP contribution in [0.15, 0.2) is 72.8 Å². The molecule has 3 rings (SSSR count). The summed E-state index contributed by atoms with van der Waals surface area (Å²) in [6, 6.07) is 20.4. The number of nitrogens with two attached hydrogens (primary N) is 1. The summed E-state index contributed by atoms with van der Waals surface area (Å²) < 4.78 is 0. The summed E-state index contributed by atoms with van der Waals surface area (Å²) in [5.41, 5.74) is 8.61. The summed E-state index contributed by atoms with van der Waals surface area (Å²) in [6.45, 7) is 3.61. The molecule has 0 aromatic heterocycles. The lowest BCUT2D eigenvalue weighted by atomic mass is 10.1. The quantitative estimate of drug-likeness (QED) is 0.370. The van der Waals surface area contributed by atoms with Gasteiger partial charge in [-0.2, -0.15) is 0 Å². The third kappa shape index (κ3) is 11.1. The summed E-state index contributed by atoms with van der Waals surface area (Å²) in [4.78, 5) is 16.7. The highest BCUT2D eigenvalue weighted by molar-refractivity contribution is 7.99. The second-order valence-electron chi connectivity index (χ2n) is 8.13. The van der Waals surface area contributed by atoms with E-state index in [1.807, 2.05) is 17.0 Å². The molecule has 1 fully saturated rings. The van der Waals surface area contributed by atoms with Crippen LogP contribution >= 0.6 is 36.6 Å². The molecule has 2 N–H and O–H groups in total. The van der Waals surface area contributed by atoms with Gasteiger partial charge in [0.05, 0.1) is 11.9 Å². The fourth-order valence-corrected chi connectivity index (χ4v) is 4.66. The summed E-state index contributed by atoms with van der Waals surface area (Å²) in [7, 11) is 0. The lowest BCUT2D eigenvalue weighted by Gasteiger charge is -2.21. The Balaban J connectivity index is 0.00000289. The van der Waals surface area contributed by atoms with Crippen LogP contribution in [0, 0.1) is 0 Å². The van der Waals surface area contributed by atoms with E-state index in [4.69, 9.17) is 5.73 Å². The zero-order valence-electron chi connectivity index (χ0n) is 19.6. The Morgan fingerprint density at radius 2 is 1.50 bits per heavy atom. The van der Waals surface area contributed by atoms with Crippen LogP contribution in [0.5, 0.6) is 0 Å². The van der Waals surface area contributed by atoms with Crippen LogP contribution in [-0.2, 0) is 4.79 Å². The minimum absolute atomic E-state index is 0. The first kappa shape index (κ1) is 30.3. The molecule has 0 unspecified atom stereocenters. The van der Waals surface area contributed by atoms with E-state index in [0.29, 0.717) is 0 Å². The molecule has 1 aliphatic heterocycles. The average molecular weight is 523 g/mol. The number of unbranched alkanes of at least 4 members (excludes halogenated alkanes) is 1. The maximum Gasteiger partial charge on any atom is 0.240 e. The number of carbonyl (C=O) groups excluding carboxylic acids is 1. The van der Waals surface area contributed by atoms with Crippen LogP contribution in [0.4, 0.5) is 0 Å². The Labute approximate surface area is 221 Å². The largest absolute Gasteiger partial charge is 0.331 e. The molecule has 4 nitrogen and oxygen atoms in total. The van der Waals surface area contributed by atoms with Crippen LogP contribution in [-0.4, -0.2) is 59.6 Å². The molecule has 2 aromatic rings. The number of carbonyl (C=O) groups is 1. The molecule has 0 aliphatic carbocycles. The van der Waals surface area contributed by atoms with Crippen LogP contribution in [0.25, 0.3) is 12.2 Å². The minimum atomic E-state index is -0.363. The second kappa shape index (κ2) is 17.6. The van der Waals surface area contributed by atoms with Crippen molar-refractivity contribution < 1.29 is 4.79 Å². The van der Waals surface area contributed by atoms with Crippen molar-refractivity contribution in [1.29, 1.82) is 0 Å². The predicted octanol–water partition coefficient (Wildman–Crippen LogP) is 5.59. The van der Waals surface area contributed by atoms with Gasteiger partial charge in [-0.25, -0.2) is 0 Å². The van der Waals surface area contributed by atoms with Gasteiger partial charge in [-0.1, -0.05) is 91.4 Å². The summed E-state index contributed by atoms with van der Waals surface area (Å²) in [5, 5.41) is 0. The lowest BCUT2D eigenvalue weighted by molar-refractivity contribution is -0.131. The van der Waals surface area contributed by atoms with Crippen molar-refractivity contribution in [3.63, 3.8) is 0 Å². The number of thioether (sulfide) groups is 1. The van der Waals surface area contributed by atoms with E-state index >= 15 is 0 Å². The molecule has 1 heterocycles. The molecule has 1 amide bonds. The van der Waals surface area contributed by atoms with Gasteiger partial charge in [0.25, 0.3) is 0 Å². The Morgan fingerprint density at radius 1 is 0.941 bits per heavy atom. The molecule has 0 radical (unpaired) electrons. The van der Waals surface area contributed by atoms with Gasteiger partial charge < -0.3 is 10.6 Å². The van der Waals surface area contributed by atoms with E-state index < -0.39 is 0 Å². The van der Waals surface area contributed by atoms with Crippen LogP contribution in [0.1, 0.15) is 30.4 Å². The Kier molecular flexibility index (Phi) is 15.7. The number of halogens is 2. The van der Waals surface area contributed by atoms with Gasteiger partial charge in [0, 0.05) is 25.4 Å². The monoisotopic (exact) mass is 521 g/mol. The molecule has 1 aliphatic rings. The third-order valence-electron chi connectivity index (χ3n) is 5.57. The third-order valence-corrected chi connectivity index (χ3v) is 6.53. The van der Waals surface area contributed by atoms with Gasteiger partial charge >= 0.3 is 0 Å². The van der Waals surface area contributed by atoms with Gasteiger partial charge in [-0.15, -0.1) is 36.6 Å². The first-order valence-electron chi connectivity index (χ1n) is 11.5. The first-order chi connectivity index (χ1) is 15.7. The van der Waals surface area contributed by atoms with Crippen molar-refractivity contribution in [3.05, 3.63) is 83.9 Å². The van der Waals surface area contributed by atoms with Gasteiger partial charge in [-0.3, -0.25) is 9.69 Å². The van der Waals surface area contributed by atoms with Crippen LogP contribution < -0.4 is 5.73 Å². The fourth-order valence-electron chi connectivity index (χ4n) is 3.71. The van der Waals surface area contributed by atoms with E-state index in [9.17, 15) is 4.79 Å². The average Bonchev–Trinajstić information content (AvgIpc) is 3.37. The van der Waals surface area contributed by atoms with E-state index in [-0.39, 0.29) is 36.8 Å². The molecular formula is C27H37Cl2N3OS. The van der Waals surface area contributed by atoms with Crippen molar-refractivity contribution in [2.45, 2.75) is 25.3 Å². The highest BCUT2D eigenvalue weighted by Crippen LogP contribution is 2.15. The zero-order chi connectivity index (χ0) is 22.4. The predicted molar refractivity (Wildman–Crippen MR) is 153 cm³/mol. The van der Waals surface area contributed by atoms with Crippen LogP contribution in [0.2, 0.25) is 0 Å². The van der Waals surface area contributed by atoms with Crippen molar-refractivity contribution in [3.8, 4) is 0 Å². The van der Waals surface area contributed by atoms with Gasteiger partial charge in [0.15, 0.2) is 0 Å². The van der Waals surface area contributed by atoms with Gasteiger partial charge in [-0.05, 0) is 30.5 Å². The van der Waals surface area contributed by atoms with E-state index in [0.717, 1.165) is 57.1 Å². The molecular weight excluding hydrogens is 485 g/mol. The lowest BCUT2D eigenvalue weighted by Crippen LogP contribution is -2.42. The number of hydrogen-bond acceptors (Lipinski definition) is 4. The standard InChI is InChI=1S/C27H35N3OS.2ClH/c28-26(27(31)30-21-22-32-23-30)17-7-8-18-29(19-9-15-24-11-3-1-4-12-24)20-10-16-25-13-5-2-6-14-25;;/h1-6,9-16,26H,7-8,17-23,28H2;2*1H/t26-;;/m0../s1. The molecule has 34 heavy (non-hydrogen) atoms. The molecule has 1 saturated heterocycles. The van der Waals surface area contributed by atoms with Crippen molar-refractivity contribution >= 4 is 54.6 Å². The second-order valence-corrected chi connectivity index (χ2v) is 9.20. The molecule has 0 saturated carbocycles. The molecule has 7 heteroatoms. The number of amides is 1. The molecule has 0 spiro atoms. The normalized spacial score (nSPS) is 14.4. The highest BCUT2D eigenvalue weighted by atomic mass is 35.5. The Hall–Kier alpha value is -1.76. The van der Waals surface area contributed by atoms with E-state index in [1.165, 1.54) is 11.1 Å². The highest BCUT2D eigenvalue weighted by Gasteiger charge is 2.23. The number of benzene rings is 2. The fraction of sp³-hybridized carbons (Fsp3) is 0.370. The van der Waals surface area contributed by atoms with E-state index in [1.54, 1.807) is 11.8 Å². The number of rotatable bonds is 12. The topological polar surface area (TPSA) is 49.6 Å². The van der Waals surface area contributed by atoms with Crippen molar-refractivity contribution in [2.24, 2.45) is 5.73 Å².